The van der Waals surface area contributed by atoms with E-state index in [0.717, 1.165) is 35.2 Å². The molecule has 35 heavy (non-hydrogen) atoms. The number of hydrogen-bond donors (Lipinski definition) is 1. The fraction of sp³-hybridized carbons (Fsp3) is 0.481. The van der Waals surface area contributed by atoms with Gasteiger partial charge in [-0.25, -0.2) is 4.79 Å². The van der Waals surface area contributed by atoms with Gasteiger partial charge in [0.25, 0.3) is 5.91 Å². The zero-order valence-electron chi connectivity index (χ0n) is 21.2. The van der Waals surface area contributed by atoms with Crippen molar-refractivity contribution in [2.75, 3.05) is 26.9 Å². The molecule has 0 saturated carbocycles. The number of amides is 1. The zero-order chi connectivity index (χ0) is 25.2. The number of nitrogens with zero attached hydrogens (tertiary/aromatic N) is 2. The number of fused-ring (bicyclic) bond motifs is 1. The number of hydrogen-bond acceptors (Lipinski definition) is 5. The van der Waals surface area contributed by atoms with Crippen LogP contribution in [-0.4, -0.2) is 47.5 Å². The van der Waals surface area contributed by atoms with Gasteiger partial charge >= 0.3 is 5.69 Å². The summed E-state index contributed by atoms with van der Waals surface area (Å²) in [6.07, 6.45) is 1.58. The second-order valence-electron chi connectivity index (χ2n) is 9.90. The van der Waals surface area contributed by atoms with Crippen LogP contribution >= 0.6 is 0 Å². The van der Waals surface area contributed by atoms with Crippen LogP contribution in [0.15, 0.2) is 41.2 Å². The Kier molecular flexibility index (Phi) is 7.21. The van der Waals surface area contributed by atoms with Crippen LogP contribution in [0.1, 0.15) is 62.5 Å². The molecule has 2 heterocycles. The summed E-state index contributed by atoms with van der Waals surface area (Å²) >= 11 is 0. The van der Waals surface area contributed by atoms with Crippen molar-refractivity contribution < 1.29 is 19.0 Å². The lowest BCUT2D eigenvalue weighted by molar-refractivity contribution is 0.0696. The van der Waals surface area contributed by atoms with E-state index in [1.165, 1.54) is 0 Å². The maximum absolute atomic E-state index is 13.7. The van der Waals surface area contributed by atoms with Crippen LogP contribution in [0.3, 0.4) is 0 Å². The minimum atomic E-state index is -0.345. The summed E-state index contributed by atoms with van der Waals surface area (Å²) in [5, 5.41) is 2.97. The van der Waals surface area contributed by atoms with E-state index in [4.69, 9.17) is 14.2 Å². The molecule has 0 aliphatic carbocycles. The molecule has 3 aromatic rings. The molecule has 188 valence electrons. The van der Waals surface area contributed by atoms with Crippen LogP contribution in [0.5, 0.6) is 11.5 Å². The topological polar surface area (TPSA) is 83.7 Å². The van der Waals surface area contributed by atoms with Gasteiger partial charge < -0.3 is 19.5 Å². The smallest absolute Gasteiger partial charge is 0.329 e. The molecule has 8 heteroatoms. The van der Waals surface area contributed by atoms with Crippen LogP contribution in [0.25, 0.3) is 11.0 Å². The van der Waals surface area contributed by atoms with Crippen LogP contribution < -0.4 is 20.5 Å². The molecule has 1 amide bonds. The number of aromatic nitrogens is 2. The molecule has 8 nitrogen and oxygen atoms in total. The Bertz CT molecular complexity index is 1260. The molecule has 0 unspecified atom stereocenters. The minimum Gasteiger partial charge on any atom is -0.496 e. The van der Waals surface area contributed by atoms with E-state index in [9.17, 15) is 9.59 Å². The summed E-state index contributed by atoms with van der Waals surface area (Å²) in [6.45, 7) is 9.92. The average molecular weight is 482 g/mol. The fourth-order valence-electron chi connectivity index (χ4n) is 4.57. The van der Waals surface area contributed by atoms with Crippen LogP contribution in [0, 0.1) is 0 Å². The van der Waals surface area contributed by atoms with Gasteiger partial charge in [0, 0.05) is 42.0 Å². The molecule has 1 fully saturated rings. The summed E-state index contributed by atoms with van der Waals surface area (Å²) in [5.41, 5.74) is 2.61. The number of carbonyl (C=O) groups is 1. The van der Waals surface area contributed by atoms with Crippen molar-refractivity contribution in [1.82, 2.24) is 14.5 Å². The van der Waals surface area contributed by atoms with Crippen molar-refractivity contribution in [3.63, 3.8) is 0 Å². The minimum absolute atomic E-state index is 0.0715. The van der Waals surface area contributed by atoms with Crippen molar-refractivity contribution >= 4 is 16.9 Å². The highest BCUT2D eigenvalue weighted by atomic mass is 16.5. The van der Waals surface area contributed by atoms with Crippen LogP contribution in [-0.2, 0) is 11.3 Å². The quantitative estimate of drug-likeness (QED) is 0.548. The van der Waals surface area contributed by atoms with Gasteiger partial charge in [0.15, 0.2) is 0 Å². The third-order valence-corrected chi connectivity index (χ3v) is 6.17. The molecule has 1 saturated heterocycles. The predicted molar refractivity (Wildman–Crippen MR) is 136 cm³/mol. The lowest BCUT2D eigenvalue weighted by Crippen LogP contribution is -2.40. The fourth-order valence-corrected chi connectivity index (χ4v) is 4.57. The van der Waals surface area contributed by atoms with E-state index in [1.54, 1.807) is 23.8 Å². The lowest BCUT2D eigenvalue weighted by atomic mass is 10.1. The molecule has 1 aliphatic heterocycles. The first-order valence-electron chi connectivity index (χ1n) is 12.2. The Labute approximate surface area is 205 Å². The maximum atomic E-state index is 13.7. The third-order valence-electron chi connectivity index (χ3n) is 6.17. The molecular formula is C27H35N3O5. The van der Waals surface area contributed by atoms with Gasteiger partial charge in [0.2, 0.25) is 0 Å². The van der Waals surface area contributed by atoms with E-state index in [0.29, 0.717) is 37.7 Å². The van der Waals surface area contributed by atoms with Gasteiger partial charge in [-0.15, -0.1) is 0 Å². The van der Waals surface area contributed by atoms with Crippen molar-refractivity contribution in [1.29, 1.82) is 0 Å². The Morgan fingerprint density at radius 1 is 1.11 bits per heavy atom. The van der Waals surface area contributed by atoms with Crippen molar-refractivity contribution in [3.05, 3.63) is 58.0 Å². The third kappa shape index (κ3) is 5.37. The van der Waals surface area contributed by atoms with Crippen LogP contribution in [0.4, 0.5) is 0 Å². The molecule has 1 aliphatic rings. The SMILES string of the molecule is CCOc1ccc2c(c1)n(C1CCOCC1)c(=O)n2Cc1ccc(C(=O)NC(C)(C)C)cc1OC. The number of benzene rings is 2. The monoisotopic (exact) mass is 481 g/mol. The summed E-state index contributed by atoms with van der Waals surface area (Å²) in [4.78, 5) is 26.4. The van der Waals surface area contributed by atoms with E-state index in [2.05, 4.69) is 5.32 Å². The number of imidazole rings is 1. The molecule has 4 rings (SSSR count). The molecule has 2 aromatic carbocycles. The number of ether oxygens (including phenoxy) is 3. The van der Waals surface area contributed by atoms with Crippen LogP contribution in [0.2, 0.25) is 0 Å². The molecule has 0 bridgehead atoms. The Balaban J connectivity index is 1.75. The summed E-state index contributed by atoms with van der Waals surface area (Å²) in [5.74, 6) is 1.14. The lowest BCUT2D eigenvalue weighted by Gasteiger charge is -2.23. The first-order valence-corrected chi connectivity index (χ1v) is 12.2. The number of rotatable bonds is 7. The van der Waals surface area contributed by atoms with Gasteiger partial charge in [0.1, 0.15) is 11.5 Å². The molecule has 1 aromatic heterocycles. The van der Waals surface area contributed by atoms with Gasteiger partial charge in [-0.05, 0) is 64.8 Å². The van der Waals surface area contributed by atoms with E-state index in [-0.39, 0.29) is 23.2 Å². The van der Waals surface area contributed by atoms with Crippen molar-refractivity contribution in [2.24, 2.45) is 0 Å². The van der Waals surface area contributed by atoms with Gasteiger partial charge in [0.05, 0.1) is 31.3 Å². The highest BCUT2D eigenvalue weighted by Gasteiger charge is 2.24. The first-order chi connectivity index (χ1) is 16.7. The van der Waals surface area contributed by atoms with Gasteiger partial charge in [-0.1, -0.05) is 6.07 Å². The summed E-state index contributed by atoms with van der Waals surface area (Å²) in [7, 11) is 1.58. The number of carbonyl (C=O) groups excluding carboxylic acids is 1. The summed E-state index contributed by atoms with van der Waals surface area (Å²) in [6, 6.07) is 11.2. The van der Waals surface area contributed by atoms with E-state index < -0.39 is 0 Å². The predicted octanol–water partition coefficient (Wildman–Crippen LogP) is 4.14. The largest absolute Gasteiger partial charge is 0.496 e. The standard InChI is InChI=1S/C27H35N3O5/c1-6-35-21-9-10-22-23(16-21)30(20-11-13-34-14-12-20)26(32)29(22)17-19-8-7-18(15-24(19)33-5)25(31)28-27(2,3)4/h7-10,15-16,20H,6,11-14,17H2,1-5H3,(H,28,31). The highest BCUT2D eigenvalue weighted by molar-refractivity contribution is 5.95. The van der Waals surface area contributed by atoms with E-state index >= 15 is 0 Å². The second-order valence-corrected chi connectivity index (χ2v) is 9.90. The number of nitrogens with one attached hydrogen (secondary N) is 1. The molecule has 0 spiro atoms. The molecule has 0 atom stereocenters. The molecular weight excluding hydrogens is 446 g/mol. The molecule has 0 radical (unpaired) electrons. The number of methoxy groups -OCH3 is 1. The summed E-state index contributed by atoms with van der Waals surface area (Å²) < 4.78 is 20.5. The average Bonchev–Trinajstić information content (AvgIpc) is 3.09. The highest BCUT2D eigenvalue weighted by Crippen LogP contribution is 2.29. The normalized spacial score (nSPS) is 14.8. The zero-order valence-corrected chi connectivity index (χ0v) is 21.2. The Hall–Kier alpha value is -3.26. The Morgan fingerprint density at radius 3 is 2.51 bits per heavy atom. The van der Waals surface area contributed by atoms with Crippen molar-refractivity contribution in [2.45, 2.75) is 58.7 Å². The molecule has 1 N–H and O–H groups in total. The Morgan fingerprint density at radius 2 is 1.86 bits per heavy atom. The van der Waals surface area contributed by atoms with Gasteiger partial charge in [-0.2, -0.15) is 0 Å². The van der Waals surface area contributed by atoms with Gasteiger partial charge in [-0.3, -0.25) is 13.9 Å². The second kappa shape index (κ2) is 10.2. The first kappa shape index (κ1) is 24.9. The van der Waals surface area contributed by atoms with Crippen molar-refractivity contribution in [3.8, 4) is 11.5 Å². The van der Waals surface area contributed by atoms with E-state index in [1.807, 2.05) is 56.5 Å². The maximum Gasteiger partial charge on any atom is 0.329 e.